The summed E-state index contributed by atoms with van der Waals surface area (Å²) in [5.74, 6) is -2.01. The van der Waals surface area contributed by atoms with Gasteiger partial charge in [-0.05, 0) is 23.3 Å². The molecule has 0 spiro atoms. The van der Waals surface area contributed by atoms with Gasteiger partial charge in [-0.2, -0.15) is 0 Å². The van der Waals surface area contributed by atoms with Crippen LogP contribution in [0.3, 0.4) is 0 Å². The Morgan fingerprint density at radius 3 is 2.15 bits per heavy atom. The van der Waals surface area contributed by atoms with Gasteiger partial charge in [0, 0.05) is 6.42 Å². The molecular formula is C25H21N3O5. The number of hydrogen-bond donors (Lipinski definition) is 3. The zero-order valence-electron chi connectivity index (χ0n) is 17.5. The largest absolute Gasteiger partial charge is 0.479 e. The first-order chi connectivity index (χ1) is 16.0. The van der Waals surface area contributed by atoms with E-state index < -0.39 is 35.2 Å². The third kappa shape index (κ3) is 4.59. The van der Waals surface area contributed by atoms with Gasteiger partial charge in [-0.3, -0.25) is 9.59 Å². The van der Waals surface area contributed by atoms with Crippen LogP contribution in [0.4, 0.5) is 0 Å². The lowest BCUT2D eigenvalue weighted by Crippen LogP contribution is -2.47. The lowest BCUT2D eigenvalue weighted by atomic mass is 10.0. The van der Waals surface area contributed by atoms with Crippen LogP contribution in [0.1, 0.15) is 23.2 Å². The Morgan fingerprint density at radius 1 is 0.879 bits per heavy atom. The molecule has 0 saturated heterocycles. The molecule has 4 aromatic rings. The average Bonchev–Trinajstić information content (AvgIpc) is 2.82. The molecule has 1 amide bonds. The van der Waals surface area contributed by atoms with Crippen LogP contribution in [0.2, 0.25) is 0 Å². The number of nitrogens with one attached hydrogen (secondary N) is 2. The monoisotopic (exact) mass is 443 g/mol. The van der Waals surface area contributed by atoms with E-state index >= 15 is 0 Å². The van der Waals surface area contributed by atoms with Crippen LogP contribution in [-0.2, 0) is 16.0 Å². The second kappa shape index (κ2) is 9.35. The smallest absolute Gasteiger partial charge is 0.330 e. The van der Waals surface area contributed by atoms with Crippen molar-refractivity contribution in [1.82, 2.24) is 14.9 Å². The minimum absolute atomic E-state index is 0.0229. The minimum atomic E-state index is -1.34. The number of aliphatic carboxylic acids is 1. The van der Waals surface area contributed by atoms with Crippen molar-refractivity contribution in [2.45, 2.75) is 18.5 Å². The number of amides is 1. The van der Waals surface area contributed by atoms with Crippen LogP contribution in [0, 0.1) is 0 Å². The fourth-order valence-electron chi connectivity index (χ4n) is 3.77. The van der Waals surface area contributed by atoms with Gasteiger partial charge in [-0.25, -0.2) is 14.2 Å². The second-order valence-electron chi connectivity index (χ2n) is 7.55. The van der Waals surface area contributed by atoms with Crippen molar-refractivity contribution in [1.29, 1.82) is 0 Å². The number of rotatable bonds is 7. The SMILES string of the molecule is O=C(N[C@@H](C(=O)O)c1ccccc1)[C@@H](Cc1ccccc1)n1c(=O)[nH]c2ccccc2c1=O. The molecular weight excluding hydrogens is 422 g/mol. The number of nitrogens with zero attached hydrogens (tertiary/aromatic N) is 1. The number of hydrogen-bond acceptors (Lipinski definition) is 4. The van der Waals surface area contributed by atoms with Crippen molar-refractivity contribution in [3.8, 4) is 0 Å². The normalized spacial score (nSPS) is 12.7. The van der Waals surface area contributed by atoms with E-state index in [1.165, 1.54) is 0 Å². The number of para-hydroxylation sites is 1. The quantitative estimate of drug-likeness (QED) is 0.405. The summed E-state index contributed by atoms with van der Waals surface area (Å²) in [5.41, 5.74) is 0.0639. The van der Waals surface area contributed by atoms with Crippen molar-refractivity contribution in [3.05, 3.63) is 117 Å². The molecule has 166 valence electrons. The molecule has 0 aliphatic carbocycles. The number of carboxylic acid groups (broad SMARTS) is 1. The lowest BCUT2D eigenvalue weighted by Gasteiger charge is -2.22. The van der Waals surface area contributed by atoms with Crippen molar-refractivity contribution in [2.75, 3.05) is 0 Å². The summed E-state index contributed by atoms with van der Waals surface area (Å²) in [4.78, 5) is 54.1. The van der Waals surface area contributed by atoms with E-state index in [0.717, 1.165) is 4.57 Å². The van der Waals surface area contributed by atoms with Crippen LogP contribution in [0.5, 0.6) is 0 Å². The molecule has 0 saturated carbocycles. The summed E-state index contributed by atoms with van der Waals surface area (Å²) in [6.07, 6.45) is 0.0229. The van der Waals surface area contributed by atoms with E-state index in [1.807, 2.05) is 6.07 Å². The summed E-state index contributed by atoms with van der Waals surface area (Å²) < 4.78 is 0.856. The Balaban J connectivity index is 1.80. The number of aromatic nitrogens is 2. The maximum absolute atomic E-state index is 13.4. The van der Waals surface area contributed by atoms with Gasteiger partial charge in [0.1, 0.15) is 6.04 Å². The molecule has 8 heteroatoms. The summed E-state index contributed by atoms with van der Waals surface area (Å²) in [5, 5.41) is 12.5. The highest BCUT2D eigenvalue weighted by Crippen LogP contribution is 2.18. The van der Waals surface area contributed by atoms with Gasteiger partial charge in [0.25, 0.3) is 5.56 Å². The Bertz CT molecular complexity index is 1410. The van der Waals surface area contributed by atoms with Crippen LogP contribution in [-0.4, -0.2) is 26.5 Å². The Kier molecular flexibility index (Phi) is 6.17. The Hall–Kier alpha value is -4.46. The van der Waals surface area contributed by atoms with Crippen LogP contribution in [0.25, 0.3) is 10.9 Å². The van der Waals surface area contributed by atoms with E-state index in [1.54, 1.807) is 78.9 Å². The number of benzene rings is 3. The second-order valence-corrected chi connectivity index (χ2v) is 7.55. The minimum Gasteiger partial charge on any atom is -0.479 e. The zero-order chi connectivity index (χ0) is 23.4. The fourth-order valence-corrected chi connectivity index (χ4v) is 3.77. The summed E-state index contributed by atoms with van der Waals surface area (Å²) in [7, 11) is 0. The predicted molar refractivity (Wildman–Crippen MR) is 123 cm³/mol. The first kappa shape index (κ1) is 21.8. The van der Waals surface area contributed by atoms with Gasteiger partial charge < -0.3 is 15.4 Å². The van der Waals surface area contributed by atoms with Gasteiger partial charge in [-0.1, -0.05) is 72.8 Å². The van der Waals surface area contributed by atoms with Crippen LogP contribution in [0.15, 0.2) is 94.5 Å². The summed E-state index contributed by atoms with van der Waals surface area (Å²) >= 11 is 0. The predicted octanol–water partition coefficient (Wildman–Crippen LogP) is 2.42. The number of aromatic amines is 1. The van der Waals surface area contributed by atoms with Crippen molar-refractivity contribution in [3.63, 3.8) is 0 Å². The van der Waals surface area contributed by atoms with Crippen molar-refractivity contribution >= 4 is 22.8 Å². The van der Waals surface area contributed by atoms with Gasteiger partial charge in [0.05, 0.1) is 10.9 Å². The molecule has 33 heavy (non-hydrogen) atoms. The maximum atomic E-state index is 13.4. The molecule has 0 aliphatic rings. The molecule has 2 atom stereocenters. The number of carboxylic acids is 1. The summed E-state index contributed by atoms with van der Waals surface area (Å²) in [6, 6.07) is 21.0. The zero-order valence-corrected chi connectivity index (χ0v) is 17.5. The molecule has 0 radical (unpaired) electrons. The van der Waals surface area contributed by atoms with Gasteiger partial charge in [0.2, 0.25) is 5.91 Å². The molecule has 3 N–H and O–H groups in total. The number of H-pyrrole nitrogens is 1. The molecule has 1 heterocycles. The van der Waals surface area contributed by atoms with Crippen LogP contribution >= 0.6 is 0 Å². The third-order valence-electron chi connectivity index (χ3n) is 5.39. The Morgan fingerprint density at radius 2 is 1.48 bits per heavy atom. The molecule has 3 aromatic carbocycles. The van der Waals surface area contributed by atoms with Gasteiger partial charge in [-0.15, -0.1) is 0 Å². The molecule has 1 aromatic heterocycles. The standard InChI is InChI=1S/C25H21N3O5/c29-22(27-21(24(31)32)17-11-5-2-6-12-17)20(15-16-9-3-1-4-10-16)28-23(30)18-13-7-8-14-19(18)26-25(28)33/h1-14,20-21H,15H2,(H,26,33)(H,27,29)(H,31,32)/t20-,21-/m1/s1. The highest BCUT2D eigenvalue weighted by atomic mass is 16.4. The third-order valence-corrected chi connectivity index (χ3v) is 5.39. The maximum Gasteiger partial charge on any atom is 0.330 e. The number of carbonyl (C=O) groups excluding carboxylic acids is 1. The van der Waals surface area contributed by atoms with E-state index in [9.17, 15) is 24.3 Å². The van der Waals surface area contributed by atoms with Crippen LogP contribution < -0.4 is 16.6 Å². The highest BCUT2D eigenvalue weighted by Gasteiger charge is 2.30. The van der Waals surface area contributed by atoms with E-state index in [2.05, 4.69) is 10.3 Å². The lowest BCUT2D eigenvalue weighted by molar-refractivity contribution is -0.142. The van der Waals surface area contributed by atoms with Crippen molar-refractivity contribution in [2.24, 2.45) is 0 Å². The van der Waals surface area contributed by atoms with E-state index in [4.69, 9.17) is 0 Å². The van der Waals surface area contributed by atoms with Crippen molar-refractivity contribution < 1.29 is 14.7 Å². The topological polar surface area (TPSA) is 121 Å². The first-order valence-electron chi connectivity index (χ1n) is 10.3. The first-order valence-corrected chi connectivity index (χ1v) is 10.3. The number of fused-ring (bicyclic) bond motifs is 1. The van der Waals surface area contributed by atoms with Gasteiger partial charge >= 0.3 is 11.7 Å². The molecule has 0 unspecified atom stereocenters. The van der Waals surface area contributed by atoms with Gasteiger partial charge in [0.15, 0.2) is 6.04 Å². The molecule has 0 aliphatic heterocycles. The molecule has 0 fully saturated rings. The summed E-state index contributed by atoms with van der Waals surface area (Å²) in [6.45, 7) is 0. The number of carbonyl (C=O) groups is 2. The molecule has 4 rings (SSSR count). The van der Waals surface area contributed by atoms with E-state index in [-0.39, 0.29) is 11.8 Å². The molecule has 0 bridgehead atoms. The fraction of sp³-hybridized carbons (Fsp3) is 0.120. The highest BCUT2D eigenvalue weighted by molar-refractivity contribution is 5.87. The average molecular weight is 443 g/mol. The van der Waals surface area contributed by atoms with E-state index in [0.29, 0.717) is 16.6 Å². The Labute approximate surface area is 188 Å². The molecule has 8 nitrogen and oxygen atoms in total.